The maximum Gasteiger partial charge on any atom is 0.255 e. The van der Waals surface area contributed by atoms with E-state index < -0.39 is 52.0 Å². The summed E-state index contributed by atoms with van der Waals surface area (Å²) in [5.41, 5.74) is 4.40. The number of nitrogens with zero attached hydrogens (tertiary/aromatic N) is 1. The van der Waals surface area contributed by atoms with Gasteiger partial charge in [0.1, 0.15) is 22.8 Å². The second kappa shape index (κ2) is 9.96. The Morgan fingerprint density at radius 3 is 2.42 bits per heavy atom. The lowest BCUT2D eigenvalue weighted by Crippen LogP contribution is -2.57. The quantitative estimate of drug-likeness (QED) is 0.287. The number of hydrogen-bond acceptors (Lipinski definition) is 9. The highest BCUT2D eigenvalue weighted by atomic mass is 35.5. The van der Waals surface area contributed by atoms with Crippen molar-refractivity contribution in [2.45, 2.75) is 38.0 Å². The van der Waals surface area contributed by atoms with Crippen LogP contribution in [0.15, 0.2) is 53.0 Å². The summed E-state index contributed by atoms with van der Waals surface area (Å²) in [5, 5.41) is 48.2. The molecule has 0 aromatic heterocycles. The molecular formula is C29H30ClN3O7. The highest BCUT2D eigenvalue weighted by molar-refractivity contribution is 6.30. The van der Waals surface area contributed by atoms with Crippen LogP contribution < -0.4 is 16.0 Å². The van der Waals surface area contributed by atoms with E-state index in [0.717, 1.165) is 5.56 Å². The summed E-state index contributed by atoms with van der Waals surface area (Å²) in [5.74, 6) is -6.42. The van der Waals surface area contributed by atoms with Crippen molar-refractivity contribution in [3.8, 4) is 5.75 Å². The molecule has 2 aromatic carbocycles. The zero-order valence-corrected chi connectivity index (χ0v) is 22.7. The number of phenolic OH excluding ortho intramolecular Hbond substituents is 1. The minimum absolute atomic E-state index is 0.00823. The van der Waals surface area contributed by atoms with Crippen LogP contribution in [0, 0.1) is 11.8 Å². The molecule has 2 aromatic rings. The predicted octanol–water partition coefficient (Wildman–Crippen LogP) is 2.59. The molecule has 3 atom stereocenters. The van der Waals surface area contributed by atoms with Gasteiger partial charge in [-0.3, -0.25) is 14.4 Å². The molecule has 0 unspecified atom stereocenters. The topological polar surface area (TPSA) is 173 Å². The third kappa shape index (κ3) is 4.23. The molecule has 0 bridgehead atoms. The van der Waals surface area contributed by atoms with E-state index in [9.17, 15) is 34.8 Å². The number of fused-ring (bicyclic) bond motifs is 3. The van der Waals surface area contributed by atoms with Crippen molar-refractivity contribution in [3.05, 3.63) is 80.3 Å². The summed E-state index contributed by atoms with van der Waals surface area (Å²) in [6, 6.07) is 9.11. The lowest BCUT2D eigenvalue weighted by molar-refractivity contribution is -0.144. The Balaban J connectivity index is 1.55. The molecular weight excluding hydrogens is 538 g/mol. The number of nitrogens with two attached hydrogens (primary N) is 1. The maximum atomic E-state index is 13.9. The van der Waals surface area contributed by atoms with Gasteiger partial charge in [0.15, 0.2) is 11.4 Å². The second-order valence-corrected chi connectivity index (χ2v) is 11.2. The number of halogens is 1. The van der Waals surface area contributed by atoms with E-state index in [1.807, 2.05) is 37.2 Å². The number of Topliss-reactive ketones (excluding diaryl/α,β-unsaturated/α-hetero) is 2. The fourth-order valence-corrected chi connectivity index (χ4v) is 6.33. The molecule has 0 heterocycles. The number of carbonyl (C=O) groups is 3. The van der Waals surface area contributed by atoms with Gasteiger partial charge in [0.05, 0.1) is 5.56 Å². The van der Waals surface area contributed by atoms with Crippen molar-refractivity contribution in [1.82, 2.24) is 5.32 Å². The first-order chi connectivity index (χ1) is 18.9. The van der Waals surface area contributed by atoms with Gasteiger partial charge >= 0.3 is 0 Å². The van der Waals surface area contributed by atoms with Crippen LogP contribution in [0.4, 0.5) is 5.69 Å². The number of phenols is 1. The Hall–Kier alpha value is -3.86. The van der Waals surface area contributed by atoms with Crippen molar-refractivity contribution < 1.29 is 34.8 Å². The average molecular weight is 568 g/mol. The van der Waals surface area contributed by atoms with E-state index in [-0.39, 0.29) is 42.7 Å². The van der Waals surface area contributed by atoms with Crippen molar-refractivity contribution in [2.24, 2.45) is 17.6 Å². The van der Waals surface area contributed by atoms with Crippen LogP contribution in [0.1, 0.15) is 39.9 Å². The summed E-state index contributed by atoms with van der Waals surface area (Å²) in [4.78, 5) is 40.8. The number of anilines is 1. The largest absolute Gasteiger partial charge is 0.511 e. The molecule has 0 fully saturated rings. The molecule has 40 heavy (non-hydrogen) atoms. The van der Waals surface area contributed by atoms with Crippen LogP contribution in [-0.2, 0) is 29.1 Å². The van der Waals surface area contributed by atoms with Gasteiger partial charge in [0.25, 0.3) is 5.91 Å². The highest BCUT2D eigenvalue weighted by Crippen LogP contribution is 2.52. The highest BCUT2D eigenvalue weighted by Gasteiger charge is 2.59. The Labute approximate surface area is 235 Å². The molecule has 1 amide bonds. The molecule has 3 aliphatic rings. The van der Waals surface area contributed by atoms with Crippen molar-refractivity contribution in [1.29, 1.82) is 0 Å². The molecule has 0 saturated heterocycles. The fourth-order valence-electron chi connectivity index (χ4n) is 6.20. The van der Waals surface area contributed by atoms with Gasteiger partial charge in [-0.15, -0.1) is 0 Å². The molecule has 7 N–H and O–H groups in total. The number of aromatic hydroxyl groups is 1. The molecule has 0 aliphatic heterocycles. The number of primary amides is 1. The van der Waals surface area contributed by atoms with Gasteiger partial charge in [-0.25, -0.2) is 0 Å². The molecule has 0 saturated carbocycles. The summed E-state index contributed by atoms with van der Waals surface area (Å²) in [6.07, 6.45) is 0.0638. The number of carbonyl (C=O) groups excluding carboxylic acids is 3. The first kappa shape index (κ1) is 27.7. The van der Waals surface area contributed by atoms with E-state index in [2.05, 4.69) is 5.32 Å². The number of ketones is 2. The molecule has 10 nitrogen and oxygen atoms in total. The summed E-state index contributed by atoms with van der Waals surface area (Å²) in [6.45, 7) is 0.701. The van der Waals surface area contributed by atoms with E-state index in [1.165, 1.54) is 0 Å². The summed E-state index contributed by atoms with van der Waals surface area (Å²) in [7, 11) is 3.64. The Morgan fingerprint density at radius 1 is 1.12 bits per heavy atom. The smallest absolute Gasteiger partial charge is 0.255 e. The van der Waals surface area contributed by atoms with Crippen LogP contribution >= 0.6 is 11.6 Å². The summed E-state index contributed by atoms with van der Waals surface area (Å²) >= 11 is 5.95. The Kier molecular flexibility index (Phi) is 6.89. The van der Waals surface area contributed by atoms with E-state index in [0.29, 0.717) is 28.4 Å². The first-order valence-electron chi connectivity index (χ1n) is 12.8. The monoisotopic (exact) mass is 567 g/mol. The Bertz CT molecular complexity index is 1510. The molecule has 0 spiro atoms. The van der Waals surface area contributed by atoms with E-state index in [1.54, 1.807) is 12.1 Å². The number of amides is 1. The van der Waals surface area contributed by atoms with Gasteiger partial charge in [0.2, 0.25) is 5.78 Å². The number of aliphatic hydroxyl groups is 3. The van der Waals surface area contributed by atoms with Crippen LogP contribution in [0.3, 0.4) is 0 Å². The van der Waals surface area contributed by atoms with Gasteiger partial charge in [-0.2, -0.15) is 0 Å². The molecule has 210 valence electrons. The molecule has 11 heteroatoms. The number of rotatable bonds is 6. The lowest BCUT2D eigenvalue weighted by Gasteiger charge is -2.46. The fraction of sp³-hybridized carbons (Fsp3) is 0.345. The molecule has 5 rings (SSSR count). The third-order valence-corrected chi connectivity index (χ3v) is 8.41. The Morgan fingerprint density at radius 2 is 1.80 bits per heavy atom. The lowest BCUT2D eigenvalue weighted by atomic mass is 9.60. The number of benzene rings is 2. The zero-order valence-electron chi connectivity index (χ0n) is 22.0. The van der Waals surface area contributed by atoms with Crippen molar-refractivity contribution in [3.63, 3.8) is 0 Å². The predicted molar refractivity (Wildman–Crippen MR) is 147 cm³/mol. The van der Waals surface area contributed by atoms with Gasteiger partial charge in [-0.05, 0) is 48.1 Å². The maximum absolute atomic E-state index is 13.9. The SMILES string of the molecule is CN(C)c1cc(CNCc2ccc(Cl)cc2)c(O)c2c1C[C@H]1C[C@H]3CC(O)=C(C(N)=O)C(=O)[C@@]3(O)C(O)=C1C2=O. The third-order valence-electron chi connectivity index (χ3n) is 8.16. The van der Waals surface area contributed by atoms with Crippen LogP contribution in [0.5, 0.6) is 5.75 Å². The van der Waals surface area contributed by atoms with Crippen molar-refractivity contribution in [2.75, 3.05) is 19.0 Å². The number of aliphatic hydroxyl groups excluding tert-OH is 2. The number of allylic oxidation sites excluding steroid dienone is 2. The second-order valence-electron chi connectivity index (χ2n) is 10.8. The normalized spacial score (nSPS) is 24.0. The minimum Gasteiger partial charge on any atom is -0.511 e. The minimum atomic E-state index is -2.59. The zero-order chi connectivity index (χ0) is 29.1. The van der Waals surface area contributed by atoms with Crippen LogP contribution in [-0.4, -0.2) is 57.6 Å². The standard InChI is InChI=1S/C29H30ClN3O7/c1-33(2)19-9-15(12-32-11-13-3-5-17(30)6-4-13)24(35)22-18(19)8-14-7-16-10-20(34)23(28(31)39)27(38)29(16,40)26(37)21(14)25(22)36/h3-6,9,14,16,32,34-35,37,40H,7-8,10-12H2,1-2H3,(H2,31,39)/t14-,16+,29+/m1/s1. The van der Waals surface area contributed by atoms with E-state index in [4.69, 9.17) is 17.3 Å². The molecule has 0 radical (unpaired) electrons. The molecule has 3 aliphatic carbocycles. The van der Waals surface area contributed by atoms with Gasteiger partial charge < -0.3 is 36.4 Å². The van der Waals surface area contributed by atoms with Gasteiger partial charge in [0, 0.05) is 61.4 Å². The van der Waals surface area contributed by atoms with Crippen LogP contribution in [0.25, 0.3) is 0 Å². The van der Waals surface area contributed by atoms with E-state index >= 15 is 0 Å². The average Bonchev–Trinajstić information content (AvgIpc) is 2.88. The van der Waals surface area contributed by atoms with Crippen LogP contribution in [0.2, 0.25) is 5.02 Å². The number of nitrogens with one attached hydrogen (secondary N) is 1. The van der Waals surface area contributed by atoms with Gasteiger partial charge in [-0.1, -0.05) is 23.7 Å². The summed E-state index contributed by atoms with van der Waals surface area (Å²) < 4.78 is 0. The number of hydrogen-bond donors (Lipinski definition) is 6. The first-order valence-corrected chi connectivity index (χ1v) is 13.2. The van der Waals surface area contributed by atoms with Crippen molar-refractivity contribution >= 4 is 34.8 Å².